The highest BCUT2D eigenvalue weighted by molar-refractivity contribution is 5.97. The van der Waals surface area contributed by atoms with Gasteiger partial charge >= 0.3 is 0 Å². The monoisotopic (exact) mass is 386 g/mol. The second-order valence-electron chi connectivity index (χ2n) is 6.85. The van der Waals surface area contributed by atoms with Gasteiger partial charge in [-0.05, 0) is 50.2 Å². The number of anilines is 1. The van der Waals surface area contributed by atoms with Crippen LogP contribution in [0.4, 0.5) is 14.5 Å². The molecule has 0 unspecified atom stereocenters. The van der Waals surface area contributed by atoms with Crippen molar-refractivity contribution < 1.29 is 18.3 Å². The maximum absolute atomic E-state index is 13.4. The molecule has 0 aliphatic carbocycles. The molecule has 0 saturated carbocycles. The van der Waals surface area contributed by atoms with Crippen molar-refractivity contribution in [2.75, 3.05) is 25.5 Å². The molecule has 0 radical (unpaired) electrons. The Morgan fingerprint density at radius 3 is 2.50 bits per heavy atom. The molecule has 28 heavy (non-hydrogen) atoms. The SMILES string of the molecule is COC1(C(=O)Nc2ccc(-c3nc4cc(F)c(F)cc4[nH]3)cc2)CCNCC1. The molecule has 0 atom stereocenters. The van der Waals surface area contributed by atoms with E-state index >= 15 is 0 Å². The minimum Gasteiger partial charge on any atom is -0.368 e. The number of halogens is 2. The molecule has 1 aromatic heterocycles. The number of rotatable bonds is 4. The Morgan fingerprint density at radius 1 is 1.14 bits per heavy atom. The number of aromatic nitrogens is 2. The van der Waals surface area contributed by atoms with Crippen molar-refractivity contribution >= 4 is 22.6 Å². The van der Waals surface area contributed by atoms with E-state index < -0.39 is 17.2 Å². The van der Waals surface area contributed by atoms with Crippen LogP contribution < -0.4 is 10.6 Å². The molecule has 3 aromatic rings. The van der Waals surface area contributed by atoms with Crippen molar-refractivity contribution in [3.8, 4) is 11.4 Å². The molecule has 0 spiro atoms. The van der Waals surface area contributed by atoms with Gasteiger partial charge in [0.25, 0.3) is 5.91 Å². The zero-order valence-corrected chi connectivity index (χ0v) is 15.3. The number of nitrogens with one attached hydrogen (secondary N) is 3. The number of carbonyl (C=O) groups is 1. The van der Waals surface area contributed by atoms with E-state index in [1.807, 2.05) is 0 Å². The van der Waals surface area contributed by atoms with Gasteiger partial charge in [-0.1, -0.05) is 0 Å². The van der Waals surface area contributed by atoms with Crippen LogP contribution in [0.3, 0.4) is 0 Å². The number of benzene rings is 2. The second kappa shape index (κ2) is 7.29. The van der Waals surface area contributed by atoms with Gasteiger partial charge < -0.3 is 20.4 Å². The number of ether oxygens (including phenoxy) is 1. The molecule has 146 valence electrons. The molecular weight excluding hydrogens is 366 g/mol. The number of hydrogen-bond acceptors (Lipinski definition) is 4. The highest BCUT2D eigenvalue weighted by Crippen LogP contribution is 2.26. The smallest absolute Gasteiger partial charge is 0.256 e. The number of nitrogens with zero attached hydrogens (tertiary/aromatic N) is 1. The molecule has 1 fully saturated rings. The van der Waals surface area contributed by atoms with E-state index in [9.17, 15) is 13.6 Å². The average Bonchev–Trinajstić information content (AvgIpc) is 3.12. The zero-order chi connectivity index (χ0) is 19.7. The largest absolute Gasteiger partial charge is 0.368 e. The Labute approximate surface area is 160 Å². The highest BCUT2D eigenvalue weighted by Gasteiger charge is 2.39. The van der Waals surface area contributed by atoms with Crippen LogP contribution in [0.2, 0.25) is 0 Å². The number of methoxy groups -OCH3 is 1. The van der Waals surface area contributed by atoms with E-state index in [0.29, 0.717) is 35.4 Å². The topological polar surface area (TPSA) is 79.0 Å². The number of fused-ring (bicyclic) bond motifs is 1. The normalized spacial score (nSPS) is 16.2. The van der Waals surface area contributed by atoms with Crippen LogP contribution >= 0.6 is 0 Å². The fraction of sp³-hybridized carbons (Fsp3) is 0.300. The fourth-order valence-corrected chi connectivity index (χ4v) is 3.45. The Hall–Kier alpha value is -2.84. The summed E-state index contributed by atoms with van der Waals surface area (Å²) in [4.78, 5) is 20.0. The summed E-state index contributed by atoms with van der Waals surface area (Å²) in [5.74, 6) is -1.54. The van der Waals surface area contributed by atoms with Gasteiger partial charge in [-0.3, -0.25) is 4.79 Å². The van der Waals surface area contributed by atoms with E-state index in [4.69, 9.17) is 4.74 Å². The van der Waals surface area contributed by atoms with Gasteiger partial charge in [-0.2, -0.15) is 0 Å². The van der Waals surface area contributed by atoms with Crippen molar-refractivity contribution in [2.24, 2.45) is 0 Å². The van der Waals surface area contributed by atoms with Crippen LogP contribution in [-0.4, -0.2) is 41.7 Å². The summed E-state index contributed by atoms with van der Waals surface area (Å²) in [5, 5.41) is 6.12. The highest BCUT2D eigenvalue weighted by atomic mass is 19.2. The summed E-state index contributed by atoms with van der Waals surface area (Å²) < 4.78 is 32.3. The number of aromatic amines is 1. The first-order valence-electron chi connectivity index (χ1n) is 9.03. The molecule has 2 heterocycles. The molecule has 1 aliphatic heterocycles. The third-order valence-electron chi connectivity index (χ3n) is 5.16. The van der Waals surface area contributed by atoms with Crippen molar-refractivity contribution in [3.05, 3.63) is 48.0 Å². The molecule has 1 aliphatic rings. The van der Waals surface area contributed by atoms with Crippen LogP contribution in [0.25, 0.3) is 22.4 Å². The van der Waals surface area contributed by atoms with E-state index in [1.165, 1.54) is 0 Å². The first-order chi connectivity index (χ1) is 13.5. The quantitative estimate of drug-likeness (QED) is 0.643. The minimum absolute atomic E-state index is 0.168. The van der Waals surface area contributed by atoms with E-state index in [0.717, 1.165) is 30.8 Å². The number of amides is 1. The molecule has 6 nitrogen and oxygen atoms in total. The van der Waals surface area contributed by atoms with Gasteiger partial charge in [0, 0.05) is 30.5 Å². The Morgan fingerprint density at radius 2 is 1.82 bits per heavy atom. The lowest BCUT2D eigenvalue weighted by molar-refractivity contribution is -0.140. The Kier molecular flexibility index (Phi) is 4.82. The molecule has 8 heteroatoms. The first kappa shape index (κ1) is 18.5. The molecule has 0 bridgehead atoms. The fourth-order valence-electron chi connectivity index (χ4n) is 3.45. The molecule has 1 saturated heterocycles. The molecule has 1 amide bonds. The van der Waals surface area contributed by atoms with Crippen molar-refractivity contribution in [1.29, 1.82) is 0 Å². The van der Waals surface area contributed by atoms with Crippen LogP contribution in [-0.2, 0) is 9.53 Å². The lowest BCUT2D eigenvalue weighted by atomic mass is 9.91. The third kappa shape index (κ3) is 3.36. The maximum Gasteiger partial charge on any atom is 0.256 e. The average molecular weight is 386 g/mol. The molecule has 2 aromatic carbocycles. The number of carbonyl (C=O) groups excluding carboxylic acids is 1. The predicted molar refractivity (Wildman–Crippen MR) is 102 cm³/mol. The van der Waals surface area contributed by atoms with Gasteiger partial charge in [0.05, 0.1) is 11.0 Å². The minimum atomic E-state index is -0.936. The zero-order valence-electron chi connectivity index (χ0n) is 15.3. The van der Waals surface area contributed by atoms with Crippen LogP contribution in [0, 0.1) is 11.6 Å². The lowest BCUT2D eigenvalue weighted by Crippen LogP contribution is -2.51. The summed E-state index contributed by atoms with van der Waals surface area (Å²) >= 11 is 0. The van der Waals surface area contributed by atoms with Gasteiger partial charge in [-0.15, -0.1) is 0 Å². The van der Waals surface area contributed by atoms with Crippen LogP contribution in [0.15, 0.2) is 36.4 Å². The number of hydrogen-bond donors (Lipinski definition) is 3. The van der Waals surface area contributed by atoms with Crippen LogP contribution in [0.1, 0.15) is 12.8 Å². The van der Waals surface area contributed by atoms with Crippen molar-refractivity contribution in [1.82, 2.24) is 15.3 Å². The Balaban J connectivity index is 1.53. The Bertz CT molecular complexity index is 972. The van der Waals surface area contributed by atoms with Crippen molar-refractivity contribution in [3.63, 3.8) is 0 Å². The molecule has 4 rings (SSSR count). The summed E-state index contributed by atoms with van der Waals surface area (Å²) in [6.45, 7) is 1.46. The predicted octanol–water partition coefficient (Wildman–Crippen LogP) is 3.22. The summed E-state index contributed by atoms with van der Waals surface area (Å²) in [6.07, 6.45) is 1.22. The third-order valence-corrected chi connectivity index (χ3v) is 5.16. The molecular formula is C20H20F2N4O2. The number of H-pyrrole nitrogens is 1. The maximum atomic E-state index is 13.4. The van der Waals surface area contributed by atoms with Crippen molar-refractivity contribution in [2.45, 2.75) is 18.4 Å². The lowest BCUT2D eigenvalue weighted by Gasteiger charge is -2.34. The van der Waals surface area contributed by atoms with Gasteiger partial charge in [0.2, 0.25) is 0 Å². The van der Waals surface area contributed by atoms with Gasteiger partial charge in [0.15, 0.2) is 11.6 Å². The summed E-state index contributed by atoms with van der Waals surface area (Å²) in [5.41, 5.74) is 1.31. The van der Waals surface area contributed by atoms with Crippen LogP contribution in [0.5, 0.6) is 0 Å². The second-order valence-corrected chi connectivity index (χ2v) is 6.85. The molecule has 3 N–H and O–H groups in total. The number of imidazole rings is 1. The standard InChI is InChI=1S/C20H20F2N4O2/c1-28-20(6-8-23-9-7-20)19(27)24-13-4-2-12(3-5-13)18-25-16-10-14(21)15(22)11-17(16)26-18/h2-5,10-11,23H,6-9H2,1H3,(H,24,27)(H,25,26). The van der Waals surface area contributed by atoms with Gasteiger partial charge in [-0.25, -0.2) is 13.8 Å². The summed E-state index contributed by atoms with van der Waals surface area (Å²) in [6, 6.07) is 9.21. The van der Waals surface area contributed by atoms with E-state index in [1.54, 1.807) is 31.4 Å². The summed E-state index contributed by atoms with van der Waals surface area (Å²) in [7, 11) is 1.56. The first-order valence-corrected chi connectivity index (χ1v) is 9.03. The van der Waals surface area contributed by atoms with E-state index in [2.05, 4.69) is 20.6 Å². The van der Waals surface area contributed by atoms with Gasteiger partial charge in [0.1, 0.15) is 11.4 Å². The van der Waals surface area contributed by atoms with E-state index in [-0.39, 0.29) is 5.91 Å². The number of piperidine rings is 1.